The Hall–Kier alpha value is -1.59. The first kappa shape index (κ1) is 18.5. The van der Waals surface area contributed by atoms with Crippen molar-refractivity contribution in [3.63, 3.8) is 0 Å². The van der Waals surface area contributed by atoms with Gasteiger partial charge in [0.25, 0.3) is 0 Å². The van der Waals surface area contributed by atoms with Gasteiger partial charge in [-0.25, -0.2) is 0 Å². The normalized spacial score (nSPS) is 15.1. The number of carbonyl (C=O) groups excluding carboxylic acids is 2. The average Bonchev–Trinajstić information content (AvgIpc) is 2.44. The van der Waals surface area contributed by atoms with E-state index in [0.717, 1.165) is 19.5 Å². The van der Waals surface area contributed by atoms with Crippen molar-refractivity contribution in [1.29, 1.82) is 0 Å². The van der Waals surface area contributed by atoms with Crippen LogP contribution in [0.3, 0.4) is 0 Å². The van der Waals surface area contributed by atoms with Crippen molar-refractivity contribution in [1.82, 2.24) is 16.0 Å². The van der Waals surface area contributed by atoms with Crippen molar-refractivity contribution in [2.45, 2.75) is 13.3 Å². The summed E-state index contributed by atoms with van der Waals surface area (Å²) in [7, 11) is 0. The Morgan fingerprint density at radius 2 is 1.91 bits per heavy atom. The Morgan fingerprint density at radius 3 is 2.50 bits per heavy atom. The van der Waals surface area contributed by atoms with Gasteiger partial charge < -0.3 is 16.0 Å². The zero-order valence-corrected chi connectivity index (χ0v) is 13.6. The molecule has 2 amide bonds. The predicted molar refractivity (Wildman–Crippen MR) is 88.9 cm³/mol. The van der Waals surface area contributed by atoms with Gasteiger partial charge in [-0.15, -0.1) is 12.4 Å². The molecule has 1 aliphatic heterocycles. The lowest BCUT2D eigenvalue weighted by molar-refractivity contribution is -0.129. The van der Waals surface area contributed by atoms with Crippen LogP contribution in [-0.2, 0) is 16.0 Å². The number of carbonyl (C=O) groups is 2. The molecule has 5 nitrogen and oxygen atoms in total. The monoisotopic (exact) mass is 325 g/mol. The van der Waals surface area contributed by atoms with Crippen molar-refractivity contribution in [2.24, 2.45) is 11.8 Å². The number of halogens is 1. The van der Waals surface area contributed by atoms with E-state index in [4.69, 9.17) is 0 Å². The fraction of sp³-hybridized carbons (Fsp3) is 0.500. The summed E-state index contributed by atoms with van der Waals surface area (Å²) in [6, 6.07) is 9.99. The van der Waals surface area contributed by atoms with E-state index in [1.807, 2.05) is 37.3 Å². The molecule has 122 valence electrons. The minimum absolute atomic E-state index is 0. The van der Waals surface area contributed by atoms with E-state index in [0.29, 0.717) is 12.5 Å². The molecular formula is C16H24ClN3O2. The highest BCUT2D eigenvalue weighted by Crippen LogP contribution is 2.15. The molecule has 2 rings (SSSR count). The molecular weight excluding hydrogens is 302 g/mol. The molecule has 0 bridgehead atoms. The van der Waals surface area contributed by atoms with Crippen molar-refractivity contribution >= 4 is 24.2 Å². The lowest BCUT2D eigenvalue weighted by Gasteiger charge is -2.31. The first-order valence-corrected chi connectivity index (χ1v) is 7.46. The van der Waals surface area contributed by atoms with Crippen LogP contribution in [0.15, 0.2) is 30.3 Å². The molecule has 6 heteroatoms. The maximum absolute atomic E-state index is 11.9. The number of benzene rings is 1. The number of hydrogen-bond acceptors (Lipinski definition) is 3. The molecule has 1 unspecified atom stereocenters. The third-order valence-electron chi connectivity index (χ3n) is 3.94. The summed E-state index contributed by atoms with van der Waals surface area (Å²) < 4.78 is 0. The van der Waals surface area contributed by atoms with Gasteiger partial charge in [0.15, 0.2) is 0 Å². The zero-order valence-electron chi connectivity index (χ0n) is 12.8. The molecule has 1 fully saturated rings. The Labute approximate surface area is 137 Å². The van der Waals surface area contributed by atoms with Crippen LogP contribution in [0.1, 0.15) is 12.5 Å². The van der Waals surface area contributed by atoms with E-state index in [9.17, 15) is 9.59 Å². The van der Waals surface area contributed by atoms with Gasteiger partial charge >= 0.3 is 0 Å². The van der Waals surface area contributed by atoms with Crippen molar-refractivity contribution in [3.05, 3.63) is 35.9 Å². The first-order chi connectivity index (χ1) is 10.2. The van der Waals surface area contributed by atoms with E-state index >= 15 is 0 Å². The van der Waals surface area contributed by atoms with Gasteiger partial charge in [-0.1, -0.05) is 37.3 Å². The molecule has 3 N–H and O–H groups in total. The molecule has 1 aromatic carbocycles. The van der Waals surface area contributed by atoms with Gasteiger partial charge in [-0.2, -0.15) is 0 Å². The van der Waals surface area contributed by atoms with E-state index < -0.39 is 0 Å². The molecule has 0 radical (unpaired) electrons. The Bertz CT molecular complexity index is 478. The fourth-order valence-corrected chi connectivity index (χ4v) is 2.26. The van der Waals surface area contributed by atoms with Crippen LogP contribution in [-0.4, -0.2) is 38.0 Å². The molecule has 1 aliphatic rings. The quantitative estimate of drug-likeness (QED) is 0.692. The standard InChI is InChI=1S/C16H23N3O2.ClH/c1-12(14-9-17-10-14)16(21)19-11-15(20)18-8-7-13-5-3-2-4-6-13;/h2-6,12,14,17H,7-11H2,1H3,(H,18,20)(H,19,21);1H. The minimum Gasteiger partial charge on any atom is -0.354 e. The maximum Gasteiger partial charge on any atom is 0.239 e. The van der Waals surface area contributed by atoms with Gasteiger partial charge in [0.2, 0.25) is 11.8 Å². The number of amides is 2. The molecule has 0 saturated carbocycles. The number of hydrogen-bond donors (Lipinski definition) is 3. The fourth-order valence-electron chi connectivity index (χ4n) is 2.26. The topological polar surface area (TPSA) is 70.2 Å². The Balaban J connectivity index is 0.00000242. The minimum atomic E-state index is -0.141. The van der Waals surface area contributed by atoms with E-state index in [-0.39, 0.29) is 36.7 Å². The maximum atomic E-state index is 11.9. The smallest absolute Gasteiger partial charge is 0.239 e. The third-order valence-corrected chi connectivity index (χ3v) is 3.94. The lowest BCUT2D eigenvalue weighted by atomic mass is 9.88. The summed E-state index contributed by atoms with van der Waals surface area (Å²) in [4.78, 5) is 23.5. The zero-order chi connectivity index (χ0) is 15.1. The second-order valence-corrected chi connectivity index (χ2v) is 5.51. The molecule has 22 heavy (non-hydrogen) atoms. The van der Waals surface area contributed by atoms with Crippen LogP contribution in [0.2, 0.25) is 0 Å². The number of rotatable bonds is 7. The van der Waals surface area contributed by atoms with E-state index in [2.05, 4.69) is 16.0 Å². The molecule has 1 heterocycles. The van der Waals surface area contributed by atoms with Crippen molar-refractivity contribution in [3.8, 4) is 0 Å². The Kier molecular flexibility index (Phi) is 7.91. The summed E-state index contributed by atoms with van der Waals surface area (Å²) in [5.74, 6) is 0.174. The van der Waals surface area contributed by atoms with Crippen LogP contribution in [0.4, 0.5) is 0 Å². The van der Waals surface area contributed by atoms with Gasteiger partial charge in [-0.3, -0.25) is 9.59 Å². The van der Waals surface area contributed by atoms with Crippen LogP contribution in [0, 0.1) is 11.8 Å². The summed E-state index contributed by atoms with van der Waals surface area (Å²) in [5.41, 5.74) is 1.19. The van der Waals surface area contributed by atoms with Crippen LogP contribution >= 0.6 is 12.4 Å². The van der Waals surface area contributed by atoms with Crippen LogP contribution < -0.4 is 16.0 Å². The van der Waals surface area contributed by atoms with Gasteiger partial charge in [0, 0.05) is 12.5 Å². The van der Waals surface area contributed by atoms with Crippen molar-refractivity contribution in [2.75, 3.05) is 26.2 Å². The highest BCUT2D eigenvalue weighted by atomic mass is 35.5. The summed E-state index contributed by atoms with van der Waals surface area (Å²) in [6.07, 6.45) is 0.796. The van der Waals surface area contributed by atoms with Gasteiger partial charge in [0.05, 0.1) is 6.54 Å². The lowest BCUT2D eigenvalue weighted by Crippen LogP contribution is -2.50. The second kappa shape index (κ2) is 9.43. The van der Waals surface area contributed by atoms with Gasteiger partial charge in [0.1, 0.15) is 0 Å². The van der Waals surface area contributed by atoms with Crippen LogP contribution in [0.5, 0.6) is 0 Å². The SMILES string of the molecule is CC(C(=O)NCC(=O)NCCc1ccccc1)C1CNC1.Cl. The molecule has 0 aromatic heterocycles. The molecule has 1 aromatic rings. The Morgan fingerprint density at radius 1 is 1.23 bits per heavy atom. The summed E-state index contributed by atoms with van der Waals surface area (Å²) in [5, 5.41) is 8.66. The number of nitrogens with one attached hydrogen (secondary N) is 3. The van der Waals surface area contributed by atoms with Crippen LogP contribution in [0.25, 0.3) is 0 Å². The summed E-state index contributed by atoms with van der Waals surface area (Å²) in [6.45, 7) is 4.32. The molecule has 0 aliphatic carbocycles. The molecule has 1 atom stereocenters. The second-order valence-electron chi connectivity index (χ2n) is 5.51. The van der Waals surface area contributed by atoms with Crippen molar-refractivity contribution < 1.29 is 9.59 Å². The molecule has 1 saturated heterocycles. The summed E-state index contributed by atoms with van der Waals surface area (Å²) >= 11 is 0. The van der Waals surface area contributed by atoms with Gasteiger partial charge in [-0.05, 0) is 31.0 Å². The highest BCUT2D eigenvalue weighted by Gasteiger charge is 2.28. The largest absolute Gasteiger partial charge is 0.354 e. The highest BCUT2D eigenvalue weighted by molar-refractivity contribution is 5.86. The molecule has 0 spiro atoms. The average molecular weight is 326 g/mol. The first-order valence-electron chi connectivity index (χ1n) is 7.46. The third kappa shape index (κ3) is 5.66. The van der Waals surface area contributed by atoms with E-state index in [1.165, 1.54) is 5.56 Å². The predicted octanol–water partition coefficient (Wildman–Crippen LogP) is 0.739. The van der Waals surface area contributed by atoms with E-state index in [1.54, 1.807) is 0 Å².